The first-order valence-electron chi connectivity index (χ1n) is 7.70. The molecular formula is C17H14Cl2N4O3. The van der Waals surface area contributed by atoms with Crippen LogP contribution in [-0.4, -0.2) is 38.4 Å². The number of benzene rings is 2. The molecule has 3 aromatic rings. The van der Waals surface area contributed by atoms with Crippen molar-refractivity contribution < 1.29 is 14.7 Å². The number of nitrogens with zero attached hydrogens (tertiary/aromatic N) is 2. The van der Waals surface area contributed by atoms with Gasteiger partial charge in [0, 0.05) is 16.6 Å². The van der Waals surface area contributed by atoms with E-state index in [9.17, 15) is 9.59 Å². The molecule has 3 rings (SSSR count). The lowest BCUT2D eigenvalue weighted by atomic mass is 10.0. The number of carbonyl (C=O) groups excluding carboxylic acids is 1. The molecule has 0 spiro atoms. The second kappa shape index (κ2) is 7.72. The topological polar surface area (TPSA) is 108 Å². The van der Waals surface area contributed by atoms with Gasteiger partial charge >= 0.3 is 5.97 Å². The molecule has 3 N–H and O–H groups in total. The third kappa shape index (κ3) is 4.12. The van der Waals surface area contributed by atoms with Gasteiger partial charge in [0.1, 0.15) is 11.0 Å². The smallest absolute Gasteiger partial charge is 0.305 e. The molecule has 0 bridgehead atoms. The highest BCUT2D eigenvalue weighted by Crippen LogP contribution is 2.22. The van der Waals surface area contributed by atoms with Crippen LogP contribution < -0.4 is 5.32 Å². The monoisotopic (exact) mass is 392 g/mol. The number of amides is 1. The van der Waals surface area contributed by atoms with E-state index in [1.54, 1.807) is 24.3 Å². The van der Waals surface area contributed by atoms with Gasteiger partial charge in [-0.15, -0.1) is 0 Å². The summed E-state index contributed by atoms with van der Waals surface area (Å²) < 4.78 is 0. The Labute approximate surface area is 158 Å². The molecule has 26 heavy (non-hydrogen) atoms. The van der Waals surface area contributed by atoms with Crippen molar-refractivity contribution in [3.8, 4) is 0 Å². The van der Waals surface area contributed by atoms with Crippen molar-refractivity contribution in [2.24, 2.45) is 0 Å². The number of H-pyrrole nitrogens is 1. The van der Waals surface area contributed by atoms with Crippen LogP contribution in [0.25, 0.3) is 11.0 Å². The minimum absolute atomic E-state index is 0.239. The molecule has 9 heteroatoms. The highest BCUT2D eigenvalue weighted by atomic mass is 35.5. The van der Waals surface area contributed by atoms with E-state index in [0.717, 1.165) is 5.56 Å². The molecule has 0 aliphatic rings. The second-order valence-corrected chi connectivity index (χ2v) is 6.53. The molecule has 134 valence electrons. The van der Waals surface area contributed by atoms with Crippen molar-refractivity contribution >= 4 is 46.1 Å². The zero-order chi connectivity index (χ0) is 18.7. The number of carboxylic acid groups (broad SMARTS) is 1. The summed E-state index contributed by atoms with van der Waals surface area (Å²) in [5, 5.41) is 22.9. The summed E-state index contributed by atoms with van der Waals surface area (Å²) in [6, 6.07) is 9.47. The standard InChI is InChI=1S/C17H14Cl2N4O3/c18-12-4-2-1-3-9(12)5-11(8-15(24)25)20-17(26)10-6-13(19)16-14(7-10)21-23-22-16/h1-4,6-7,11H,5,8H2,(H,20,26)(H,24,25)(H,21,22,23)/t11-/m1/s1. The van der Waals surface area contributed by atoms with Crippen LogP contribution in [0.2, 0.25) is 10.0 Å². The van der Waals surface area contributed by atoms with Crippen molar-refractivity contribution in [3.05, 3.63) is 57.6 Å². The number of carboxylic acids is 1. The minimum Gasteiger partial charge on any atom is -0.481 e. The molecule has 0 saturated heterocycles. The summed E-state index contributed by atoms with van der Waals surface area (Å²) in [6.07, 6.45) is 0.0501. The van der Waals surface area contributed by atoms with E-state index < -0.39 is 17.9 Å². The van der Waals surface area contributed by atoms with Gasteiger partial charge in [0.15, 0.2) is 0 Å². The molecule has 0 saturated carbocycles. The third-order valence-electron chi connectivity index (χ3n) is 3.82. The largest absolute Gasteiger partial charge is 0.481 e. The maximum absolute atomic E-state index is 12.6. The summed E-state index contributed by atoms with van der Waals surface area (Å²) in [6.45, 7) is 0. The molecule has 0 fully saturated rings. The average Bonchev–Trinajstić information content (AvgIpc) is 3.05. The van der Waals surface area contributed by atoms with Gasteiger partial charge in [-0.1, -0.05) is 41.4 Å². The van der Waals surface area contributed by atoms with E-state index in [2.05, 4.69) is 20.7 Å². The van der Waals surface area contributed by atoms with Gasteiger partial charge in [0.2, 0.25) is 0 Å². The number of rotatable bonds is 6. The zero-order valence-corrected chi connectivity index (χ0v) is 14.9. The summed E-state index contributed by atoms with van der Waals surface area (Å²) in [5.41, 5.74) is 1.93. The fraction of sp³-hybridized carbons (Fsp3) is 0.176. The lowest BCUT2D eigenvalue weighted by molar-refractivity contribution is -0.137. The second-order valence-electron chi connectivity index (χ2n) is 5.71. The summed E-state index contributed by atoms with van der Waals surface area (Å²) in [5.74, 6) is -1.47. The Morgan fingerprint density at radius 3 is 2.65 bits per heavy atom. The van der Waals surface area contributed by atoms with Crippen LogP contribution in [0.3, 0.4) is 0 Å². The maximum atomic E-state index is 12.6. The van der Waals surface area contributed by atoms with Crippen molar-refractivity contribution in [3.63, 3.8) is 0 Å². The molecule has 0 aliphatic carbocycles. The van der Waals surface area contributed by atoms with Gasteiger partial charge in [-0.05, 0) is 30.2 Å². The van der Waals surface area contributed by atoms with Gasteiger partial charge in [-0.2, -0.15) is 15.4 Å². The first-order chi connectivity index (χ1) is 12.4. The normalized spacial score (nSPS) is 12.1. The lowest BCUT2D eigenvalue weighted by Crippen LogP contribution is -2.38. The maximum Gasteiger partial charge on any atom is 0.305 e. The van der Waals surface area contributed by atoms with E-state index in [0.29, 0.717) is 16.1 Å². The number of nitrogens with one attached hydrogen (secondary N) is 2. The van der Waals surface area contributed by atoms with Crippen molar-refractivity contribution in [1.29, 1.82) is 0 Å². The SMILES string of the molecule is O=C(O)C[C@@H](Cc1ccccc1Cl)NC(=O)c1cc(Cl)c2n[nH]nc2c1. The van der Waals surface area contributed by atoms with Crippen LogP contribution in [0, 0.1) is 0 Å². The molecule has 2 aromatic carbocycles. The quantitative estimate of drug-likeness (QED) is 0.597. The number of carbonyl (C=O) groups is 2. The van der Waals surface area contributed by atoms with Gasteiger partial charge in [-0.25, -0.2) is 0 Å². The van der Waals surface area contributed by atoms with E-state index in [-0.39, 0.29) is 23.4 Å². The summed E-state index contributed by atoms with van der Waals surface area (Å²) >= 11 is 12.2. The van der Waals surface area contributed by atoms with Crippen LogP contribution in [0.5, 0.6) is 0 Å². The molecule has 7 nitrogen and oxygen atoms in total. The number of hydrogen-bond donors (Lipinski definition) is 3. The van der Waals surface area contributed by atoms with Gasteiger partial charge in [0.05, 0.1) is 11.4 Å². The van der Waals surface area contributed by atoms with Crippen LogP contribution in [0.1, 0.15) is 22.3 Å². The number of aromatic amines is 1. The van der Waals surface area contributed by atoms with E-state index in [4.69, 9.17) is 28.3 Å². The lowest BCUT2D eigenvalue weighted by Gasteiger charge is -2.18. The summed E-state index contributed by atoms with van der Waals surface area (Å²) in [7, 11) is 0. The van der Waals surface area contributed by atoms with Crippen LogP contribution >= 0.6 is 23.2 Å². The van der Waals surface area contributed by atoms with Gasteiger partial charge in [0.25, 0.3) is 5.91 Å². The Morgan fingerprint density at radius 1 is 1.15 bits per heavy atom. The highest BCUT2D eigenvalue weighted by molar-refractivity contribution is 6.35. The molecule has 1 heterocycles. The summed E-state index contributed by atoms with van der Waals surface area (Å²) in [4.78, 5) is 23.7. The zero-order valence-electron chi connectivity index (χ0n) is 13.4. The van der Waals surface area contributed by atoms with Crippen molar-refractivity contribution in [2.45, 2.75) is 18.9 Å². The first kappa shape index (κ1) is 18.2. The molecule has 0 radical (unpaired) electrons. The molecule has 1 amide bonds. The number of hydrogen-bond acceptors (Lipinski definition) is 4. The average molecular weight is 393 g/mol. The predicted molar refractivity (Wildman–Crippen MR) is 97.6 cm³/mol. The van der Waals surface area contributed by atoms with Crippen LogP contribution in [0.15, 0.2) is 36.4 Å². The van der Waals surface area contributed by atoms with E-state index in [1.165, 1.54) is 12.1 Å². The number of halogens is 2. The van der Waals surface area contributed by atoms with Crippen molar-refractivity contribution in [2.75, 3.05) is 0 Å². The fourth-order valence-electron chi connectivity index (χ4n) is 2.62. The Balaban J connectivity index is 1.81. The molecule has 1 aromatic heterocycles. The third-order valence-corrected chi connectivity index (χ3v) is 4.47. The van der Waals surface area contributed by atoms with E-state index >= 15 is 0 Å². The Kier molecular flexibility index (Phi) is 5.39. The van der Waals surface area contributed by atoms with Crippen molar-refractivity contribution in [1.82, 2.24) is 20.7 Å². The number of fused-ring (bicyclic) bond motifs is 1. The number of aromatic nitrogens is 3. The Bertz CT molecular complexity index is 974. The first-order valence-corrected chi connectivity index (χ1v) is 8.45. The Morgan fingerprint density at radius 2 is 1.92 bits per heavy atom. The molecular weight excluding hydrogens is 379 g/mol. The van der Waals surface area contributed by atoms with Crippen LogP contribution in [-0.2, 0) is 11.2 Å². The van der Waals surface area contributed by atoms with Gasteiger partial charge < -0.3 is 10.4 Å². The highest BCUT2D eigenvalue weighted by Gasteiger charge is 2.20. The Hall–Kier alpha value is -2.64. The fourth-order valence-corrected chi connectivity index (χ4v) is 3.09. The predicted octanol–water partition coefficient (Wildman–Crippen LogP) is 3.08. The molecule has 0 unspecified atom stereocenters. The van der Waals surface area contributed by atoms with Gasteiger partial charge in [-0.3, -0.25) is 9.59 Å². The van der Waals surface area contributed by atoms with Crippen LogP contribution in [0.4, 0.5) is 0 Å². The van der Waals surface area contributed by atoms with E-state index in [1.807, 2.05) is 0 Å². The molecule has 1 atom stereocenters. The minimum atomic E-state index is -1.02. The molecule has 0 aliphatic heterocycles. The number of aliphatic carboxylic acids is 1.